The zero-order chi connectivity index (χ0) is 21.3. The normalized spacial score (nSPS) is 12.6. The number of aromatic nitrogens is 1. The monoisotopic (exact) mass is 411 g/mol. The van der Waals surface area contributed by atoms with Crippen LogP contribution in [0.4, 0.5) is 11.5 Å². The number of pyridine rings is 1. The SMILES string of the molecule is C=O.CNc1ccc(S(=O)(=O)c2ccccc2)cc1.Nc1ccc(C2CC2)cn1. The summed E-state index contributed by atoms with van der Waals surface area (Å²) in [5, 5.41) is 2.95. The highest BCUT2D eigenvalue weighted by molar-refractivity contribution is 7.91. The number of benzene rings is 2. The third kappa shape index (κ3) is 6.15. The van der Waals surface area contributed by atoms with Gasteiger partial charge in [0.05, 0.1) is 9.79 Å². The third-order valence-electron chi connectivity index (χ3n) is 4.36. The maximum absolute atomic E-state index is 12.2. The standard InChI is InChI=1S/C13H13NO2S.C8H10N2.CH2O/c1-14-11-7-9-13(10-8-11)17(15,16)12-5-3-2-4-6-12;9-8-4-3-7(5-10-8)6-1-2-6;1-2/h2-10,14H,1H3;3-6H,1-2H2,(H2,9,10);1H2. The number of rotatable bonds is 4. The van der Waals surface area contributed by atoms with Crippen molar-refractivity contribution in [1.29, 1.82) is 0 Å². The van der Waals surface area contributed by atoms with Crippen molar-refractivity contribution in [2.24, 2.45) is 0 Å². The molecule has 1 aliphatic carbocycles. The molecule has 3 aromatic rings. The Kier molecular flexibility index (Phi) is 7.91. The Hall–Kier alpha value is -3.19. The van der Waals surface area contributed by atoms with Gasteiger partial charge in [0.25, 0.3) is 0 Å². The van der Waals surface area contributed by atoms with Gasteiger partial charge in [-0.2, -0.15) is 0 Å². The van der Waals surface area contributed by atoms with Gasteiger partial charge in [-0.3, -0.25) is 0 Å². The van der Waals surface area contributed by atoms with Crippen molar-refractivity contribution in [2.45, 2.75) is 28.6 Å². The first-order chi connectivity index (χ1) is 14.0. The predicted molar refractivity (Wildman–Crippen MR) is 116 cm³/mol. The van der Waals surface area contributed by atoms with Crippen LogP contribution < -0.4 is 11.1 Å². The summed E-state index contributed by atoms with van der Waals surface area (Å²) in [7, 11) is -1.60. The highest BCUT2D eigenvalue weighted by Gasteiger charge is 2.23. The second-order valence-electron chi connectivity index (χ2n) is 6.38. The molecule has 1 aromatic heterocycles. The number of nitrogens with one attached hydrogen (secondary N) is 1. The first-order valence-corrected chi connectivity index (χ1v) is 10.6. The number of sulfone groups is 1. The fraction of sp³-hybridized carbons (Fsp3) is 0.182. The third-order valence-corrected chi connectivity index (χ3v) is 6.15. The van der Waals surface area contributed by atoms with Gasteiger partial charge in [-0.1, -0.05) is 24.3 Å². The summed E-state index contributed by atoms with van der Waals surface area (Å²) < 4.78 is 24.4. The van der Waals surface area contributed by atoms with Crippen LogP contribution in [0.15, 0.2) is 82.7 Å². The quantitative estimate of drug-likeness (QED) is 0.675. The van der Waals surface area contributed by atoms with E-state index in [-0.39, 0.29) is 0 Å². The molecule has 0 atom stereocenters. The van der Waals surface area contributed by atoms with Crippen LogP contribution >= 0.6 is 0 Å². The lowest BCUT2D eigenvalue weighted by molar-refractivity contribution is -0.0979. The van der Waals surface area contributed by atoms with Crippen LogP contribution in [0, 0.1) is 0 Å². The van der Waals surface area contributed by atoms with E-state index in [0.29, 0.717) is 15.6 Å². The highest BCUT2D eigenvalue weighted by atomic mass is 32.2. The van der Waals surface area contributed by atoms with Crippen LogP contribution in [0.1, 0.15) is 24.3 Å². The second-order valence-corrected chi connectivity index (χ2v) is 8.33. The predicted octanol–water partition coefficient (Wildman–Crippen LogP) is 3.92. The summed E-state index contributed by atoms with van der Waals surface area (Å²) in [4.78, 5) is 12.6. The summed E-state index contributed by atoms with van der Waals surface area (Å²) in [5.41, 5.74) is 7.66. The summed E-state index contributed by atoms with van der Waals surface area (Å²) >= 11 is 0. The highest BCUT2D eigenvalue weighted by Crippen LogP contribution is 2.39. The van der Waals surface area contributed by atoms with Gasteiger partial charge in [0, 0.05) is 18.9 Å². The molecule has 1 heterocycles. The van der Waals surface area contributed by atoms with E-state index in [9.17, 15) is 8.42 Å². The molecule has 0 unspecified atom stereocenters. The van der Waals surface area contributed by atoms with Crippen molar-refractivity contribution in [3.8, 4) is 0 Å². The van der Waals surface area contributed by atoms with Crippen LogP contribution in [0.2, 0.25) is 0 Å². The Morgan fingerprint density at radius 1 is 0.931 bits per heavy atom. The first-order valence-electron chi connectivity index (χ1n) is 9.09. The fourth-order valence-electron chi connectivity index (χ4n) is 2.61. The summed E-state index contributed by atoms with van der Waals surface area (Å²) in [6.45, 7) is 2.00. The smallest absolute Gasteiger partial charge is 0.206 e. The Morgan fingerprint density at radius 3 is 2.00 bits per heavy atom. The van der Waals surface area contributed by atoms with Gasteiger partial charge >= 0.3 is 0 Å². The molecule has 0 saturated heterocycles. The fourth-order valence-corrected chi connectivity index (χ4v) is 3.89. The lowest BCUT2D eigenvalue weighted by atomic mass is 10.2. The van der Waals surface area contributed by atoms with E-state index in [1.165, 1.54) is 18.4 Å². The van der Waals surface area contributed by atoms with Crippen LogP contribution in [-0.2, 0) is 14.6 Å². The molecule has 152 valence electrons. The van der Waals surface area contributed by atoms with Gasteiger partial charge in [0.2, 0.25) is 9.84 Å². The molecule has 1 fully saturated rings. The number of hydrogen-bond acceptors (Lipinski definition) is 6. The minimum Gasteiger partial charge on any atom is -0.388 e. The van der Waals surface area contributed by atoms with Crippen LogP contribution in [0.25, 0.3) is 0 Å². The Bertz CT molecular complexity index is 986. The van der Waals surface area contributed by atoms with E-state index in [4.69, 9.17) is 10.5 Å². The molecule has 6 nitrogen and oxygen atoms in total. The van der Waals surface area contributed by atoms with E-state index in [2.05, 4.69) is 16.4 Å². The molecule has 0 amide bonds. The van der Waals surface area contributed by atoms with Gasteiger partial charge in [-0.25, -0.2) is 13.4 Å². The largest absolute Gasteiger partial charge is 0.388 e. The van der Waals surface area contributed by atoms with E-state index < -0.39 is 9.84 Å². The molecule has 29 heavy (non-hydrogen) atoms. The van der Waals surface area contributed by atoms with E-state index in [1.807, 2.05) is 19.1 Å². The van der Waals surface area contributed by atoms with Crippen LogP contribution in [-0.4, -0.2) is 27.2 Å². The van der Waals surface area contributed by atoms with Gasteiger partial charge in [0.15, 0.2) is 0 Å². The van der Waals surface area contributed by atoms with Crippen LogP contribution in [0.3, 0.4) is 0 Å². The first kappa shape index (κ1) is 22.1. The van der Waals surface area contributed by atoms with Crippen molar-refractivity contribution < 1.29 is 13.2 Å². The average molecular weight is 412 g/mol. The Morgan fingerprint density at radius 2 is 1.52 bits per heavy atom. The molecule has 0 bridgehead atoms. The number of nitrogens with two attached hydrogens (primary N) is 1. The minimum atomic E-state index is -3.39. The molecule has 4 rings (SSSR count). The van der Waals surface area contributed by atoms with Crippen molar-refractivity contribution in [3.63, 3.8) is 0 Å². The summed E-state index contributed by atoms with van der Waals surface area (Å²) in [6.07, 6.45) is 4.53. The number of anilines is 2. The van der Waals surface area contributed by atoms with Crippen LogP contribution in [0.5, 0.6) is 0 Å². The van der Waals surface area contributed by atoms with Crippen molar-refractivity contribution in [2.75, 3.05) is 18.1 Å². The molecule has 0 radical (unpaired) electrons. The molecule has 0 spiro atoms. The van der Waals surface area contributed by atoms with E-state index >= 15 is 0 Å². The molecule has 1 aliphatic rings. The number of nitrogen functional groups attached to an aromatic ring is 1. The lowest BCUT2D eigenvalue weighted by Gasteiger charge is -2.05. The zero-order valence-electron chi connectivity index (χ0n) is 16.3. The number of nitrogens with zero attached hydrogens (tertiary/aromatic N) is 1. The molecular formula is C22H25N3O3S. The molecule has 0 aliphatic heterocycles. The van der Waals surface area contributed by atoms with Gasteiger partial charge in [-0.05, 0) is 66.8 Å². The van der Waals surface area contributed by atoms with Gasteiger partial charge in [0.1, 0.15) is 12.6 Å². The Labute approximate surface area is 171 Å². The minimum absolute atomic E-state index is 0.308. The van der Waals surface area contributed by atoms with Crippen molar-refractivity contribution >= 4 is 28.1 Å². The maximum atomic E-state index is 12.2. The Balaban J connectivity index is 0.000000212. The van der Waals surface area contributed by atoms with E-state index in [1.54, 1.807) is 61.6 Å². The topological polar surface area (TPSA) is 102 Å². The molecule has 1 saturated carbocycles. The number of hydrogen-bond donors (Lipinski definition) is 2. The van der Waals surface area contributed by atoms with Gasteiger partial charge in [-0.15, -0.1) is 0 Å². The van der Waals surface area contributed by atoms with Gasteiger partial charge < -0.3 is 15.8 Å². The number of carbonyl (C=O) groups excluding carboxylic acids is 1. The molecule has 3 N–H and O–H groups in total. The lowest BCUT2D eigenvalue weighted by Crippen LogP contribution is -2.01. The molecular weight excluding hydrogens is 386 g/mol. The number of carbonyl (C=O) groups is 1. The van der Waals surface area contributed by atoms with E-state index in [0.717, 1.165) is 11.6 Å². The second kappa shape index (κ2) is 10.4. The zero-order valence-corrected chi connectivity index (χ0v) is 17.1. The average Bonchev–Trinajstić information content (AvgIpc) is 3.62. The van der Waals surface area contributed by atoms with Crippen molar-refractivity contribution in [1.82, 2.24) is 4.98 Å². The molecule has 7 heteroatoms. The summed E-state index contributed by atoms with van der Waals surface area (Å²) in [6, 6.07) is 19.1. The maximum Gasteiger partial charge on any atom is 0.206 e. The van der Waals surface area contributed by atoms with Crippen molar-refractivity contribution in [3.05, 3.63) is 78.5 Å². The molecule has 2 aromatic carbocycles. The summed E-state index contributed by atoms with van der Waals surface area (Å²) in [5.74, 6) is 1.40.